The number of hydrogen-bond donors (Lipinski definition) is 1. The molecule has 1 aliphatic rings. The Balaban J connectivity index is 1.26. The lowest BCUT2D eigenvalue weighted by Gasteiger charge is -2.32. The van der Waals surface area contributed by atoms with E-state index in [1.165, 1.54) is 17.7 Å². The van der Waals surface area contributed by atoms with Crippen molar-refractivity contribution in [1.29, 1.82) is 0 Å². The van der Waals surface area contributed by atoms with Gasteiger partial charge in [0, 0.05) is 30.9 Å². The average molecular weight is 493 g/mol. The van der Waals surface area contributed by atoms with Crippen LogP contribution in [0.2, 0.25) is 0 Å². The van der Waals surface area contributed by atoms with Crippen LogP contribution in [0.5, 0.6) is 17.2 Å². The minimum atomic E-state index is -0.540. The van der Waals surface area contributed by atoms with E-state index in [4.69, 9.17) is 9.47 Å². The summed E-state index contributed by atoms with van der Waals surface area (Å²) in [6, 6.07) is 15.4. The summed E-state index contributed by atoms with van der Waals surface area (Å²) in [6.07, 6.45) is 5.74. The number of phenols is 1. The maximum absolute atomic E-state index is 13.4. The summed E-state index contributed by atoms with van der Waals surface area (Å²) in [5.74, 6) is 1.01. The maximum Gasteiger partial charge on any atom is 0.260 e. The summed E-state index contributed by atoms with van der Waals surface area (Å²) >= 11 is 0. The fraction of sp³-hybridized carbons (Fsp3) is 0.379. The summed E-state index contributed by atoms with van der Waals surface area (Å²) in [5, 5.41) is 10.1. The Labute approximate surface area is 211 Å². The lowest BCUT2D eigenvalue weighted by Crippen LogP contribution is -2.41. The van der Waals surface area contributed by atoms with Crippen molar-refractivity contribution in [3.8, 4) is 28.5 Å². The Morgan fingerprint density at radius 2 is 1.94 bits per heavy atom. The molecule has 1 aromatic heterocycles. The number of piperidine rings is 1. The van der Waals surface area contributed by atoms with Crippen LogP contribution in [0.15, 0.2) is 60.8 Å². The number of ether oxygens (including phenoxy) is 2. The van der Waals surface area contributed by atoms with Crippen molar-refractivity contribution in [1.82, 2.24) is 9.88 Å². The van der Waals surface area contributed by atoms with Gasteiger partial charge in [-0.05, 0) is 87.4 Å². The van der Waals surface area contributed by atoms with E-state index < -0.39 is 5.82 Å². The van der Waals surface area contributed by atoms with Gasteiger partial charge in [0.25, 0.3) is 5.91 Å². The highest BCUT2D eigenvalue weighted by atomic mass is 19.1. The number of amides is 1. The topological polar surface area (TPSA) is 71.9 Å². The summed E-state index contributed by atoms with van der Waals surface area (Å²) in [6.45, 7) is 5.36. The van der Waals surface area contributed by atoms with Crippen molar-refractivity contribution >= 4 is 5.91 Å². The second kappa shape index (κ2) is 11.9. The number of phenolic OH excluding ortho intramolecular Hbond substituents is 1. The third-order valence-electron chi connectivity index (χ3n) is 6.42. The number of likely N-dealkylation sites (tertiary alicyclic amines) is 1. The number of pyridine rings is 1. The monoisotopic (exact) mass is 492 g/mol. The number of carbonyl (C=O) groups is 1. The van der Waals surface area contributed by atoms with Crippen LogP contribution in [0, 0.1) is 11.7 Å². The molecular weight excluding hydrogens is 459 g/mol. The van der Waals surface area contributed by atoms with E-state index >= 15 is 0 Å². The van der Waals surface area contributed by atoms with E-state index in [1.807, 2.05) is 30.9 Å². The van der Waals surface area contributed by atoms with Gasteiger partial charge in [-0.1, -0.05) is 12.1 Å². The predicted molar refractivity (Wildman–Crippen MR) is 137 cm³/mol. The fourth-order valence-corrected chi connectivity index (χ4v) is 4.53. The van der Waals surface area contributed by atoms with Gasteiger partial charge >= 0.3 is 0 Å². The van der Waals surface area contributed by atoms with E-state index in [-0.39, 0.29) is 24.4 Å². The quantitative estimate of drug-likeness (QED) is 0.419. The molecule has 0 spiro atoms. The van der Waals surface area contributed by atoms with Gasteiger partial charge in [-0.25, -0.2) is 4.39 Å². The molecule has 0 saturated carbocycles. The molecule has 4 rings (SSSR count). The smallest absolute Gasteiger partial charge is 0.260 e. The number of hydrogen-bond acceptors (Lipinski definition) is 5. The molecule has 1 saturated heterocycles. The molecule has 2 heterocycles. The maximum atomic E-state index is 13.4. The van der Waals surface area contributed by atoms with Gasteiger partial charge in [0.1, 0.15) is 28.8 Å². The molecular formula is C29H33FN2O4. The van der Waals surface area contributed by atoms with Gasteiger partial charge in [0.15, 0.2) is 6.61 Å². The number of carbonyl (C=O) groups excluding carboxylic acids is 1. The first-order valence-electron chi connectivity index (χ1n) is 12.5. The van der Waals surface area contributed by atoms with E-state index in [0.29, 0.717) is 36.0 Å². The number of aromatic nitrogens is 1. The molecule has 1 amide bonds. The van der Waals surface area contributed by atoms with Crippen LogP contribution in [-0.2, 0) is 11.2 Å². The molecule has 2 aromatic carbocycles. The Kier molecular flexibility index (Phi) is 8.41. The minimum Gasteiger partial charge on any atom is -0.507 e. The number of rotatable bonds is 9. The molecule has 1 N–H and O–H groups in total. The lowest BCUT2D eigenvalue weighted by atomic mass is 9.90. The highest BCUT2D eigenvalue weighted by molar-refractivity contribution is 5.78. The van der Waals surface area contributed by atoms with Crippen LogP contribution in [0.4, 0.5) is 4.39 Å². The second-order valence-electron chi connectivity index (χ2n) is 9.48. The van der Waals surface area contributed by atoms with Crippen molar-refractivity contribution < 1.29 is 23.8 Å². The third-order valence-corrected chi connectivity index (χ3v) is 6.42. The zero-order chi connectivity index (χ0) is 25.5. The molecule has 0 bridgehead atoms. The Hall–Kier alpha value is -3.61. The molecule has 36 heavy (non-hydrogen) atoms. The van der Waals surface area contributed by atoms with Gasteiger partial charge in [0.2, 0.25) is 0 Å². The first-order valence-corrected chi connectivity index (χ1v) is 12.5. The number of nitrogens with zero attached hydrogens (tertiary/aromatic N) is 2. The number of aromatic hydroxyl groups is 1. The fourth-order valence-electron chi connectivity index (χ4n) is 4.53. The van der Waals surface area contributed by atoms with Crippen LogP contribution in [0.1, 0.15) is 38.7 Å². The van der Waals surface area contributed by atoms with E-state index in [2.05, 4.69) is 17.1 Å². The van der Waals surface area contributed by atoms with E-state index in [1.54, 1.807) is 18.3 Å². The standard InChI is InChI=1S/C29H33FN2O4/c1-20(2)36-24-6-3-5-22(17-24)9-8-21-12-15-32(16-13-21)28(34)19-35-27-7-4-14-31-29(27)25-11-10-23(30)18-26(25)33/h3-7,10-11,14,17-18,20-21,33H,8-9,12-13,15-16,19H2,1-2H3. The molecule has 0 atom stereocenters. The SMILES string of the molecule is CC(C)Oc1cccc(CCC2CCN(C(=O)COc3cccnc3-c3ccc(F)cc3O)CC2)c1. The van der Waals surface area contributed by atoms with Gasteiger partial charge in [-0.15, -0.1) is 0 Å². The Morgan fingerprint density at radius 1 is 1.14 bits per heavy atom. The zero-order valence-corrected chi connectivity index (χ0v) is 20.8. The zero-order valence-electron chi connectivity index (χ0n) is 20.8. The van der Waals surface area contributed by atoms with Gasteiger partial charge < -0.3 is 19.5 Å². The molecule has 1 fully saturated rings. The molecule has 0 unspecified atom stereocenters. The molecule has 7 heteroatoms. The Morgan fingerprint density at radius 3 is 2.69 bits per heavy atom. The van der Waals surface area contributed by atoms with Crippen molar-refractivity contribution in [3.05, 3.63) is 72.2 Å². The number of aryl methyl sites for hydroxylation is 1. The molecule has 0 radical (unpaired) electrons. The summed E-state index contributed by atoms with van der Waals surface area (Å²) in [5.41, 5.74) is 1.99. The van der Waals surface area contributed by atoms with Gasteiger partial charge in [-0.3, -0.25) is 9.78 Å². The van der Waals surface area contributed by atoms with Crippen molar-refractivity contribution in [2.24, 2.45) is 5.92 Å². The number of benzene rings is 2. The second-order valence-corrected chi connectivity index (χ2v) is 9.48. The third kappa shape index (κ3) is 6.74. The van der Waals surface area contributed by atoms with Crippen molar-refractivity contribution in [2.45, 2.75) is 45.6 Å². The molecule has 6 nitrogen and oxygen atoms in total. The van der Waals surface area contributed by atoms with E-state index in [9.17, 15) is 14.3 Å². The molecule has 3 aromatic rings. The van der Waals surface area contributed by atoms with Crippen molar-refractivity contribution in [3.63, 3.8) is 0 Å². The van der Waals surface area contributed by atoms with Gasteiger partial charge in [0.05, 0.1) is 6.10 Å². The predicted octanol–water partition coefficient (Wildman–Crippen LogP) is 5.63. The normalized spacial score (nSPS) is 14.2. The first kappa shape index (κ1) is 25.5. The number of halogens is 1. The average Bonchev–Trinajstić information content (AvgIpc) is 2.86. The molecule has 190 valence electrons. The van der Waals surface area contributed by atoms with Crippen molar-refractivity contribution in [2.75, 3.05) is 19.7 Å². The highest BCUT2D eigenvalue weighted by Gasteiger charge is 2.23. The summed E-state index contributed by atoms with van der Waals surface area (Å²) in [7, 11) is 0. The van der Waals surface area contributed by atoms with Gasteiger partial charge in [-0.2, -0.15) is 0 Å². The Bertz CT molecular complexity index is 1180. The highest BCUT2D eigenvalue weighted by Crippen LogP contribution is 2.34. The largest absolute Gasteiger partial charge is 0.507 e. The molecule has 0 aliphatic carbocycles. The minimum absolute atomic E-state index is 0.0786. The van der Waals surface area contributed by atoms with Crippen LogP contribution >= 0.6 is 0 Å². The van der Waals surface area contributed by atoms with Crippen LogP contribution in [0.3, 0.4) is 0 Å². The van der Waals surface area contributed by atoms with Crippen LogP contribution in [-0.4, -0.2) is 46.7 Å². The van der Waals surface area contributed by atoms with Crippen LogP contribution < -0.4 is 9.47 Å². The van der Waals surface area contributed by atoms with Crippen LogP contribution in [0.25, 0.3) is 11.3 Å². The molecule has 1 aliphatic heterocycles. The summed E-state index contributed by atoms with van der Waals surface area (Å²) in [4.78, 5) is 18.9. The summed E-state index contributed by atoms with van der Waals surface area (Å²) < 4.78 is 25.0. The lowest BCUT2D eigenvalue weighted by molar-refractivity contribution is -0.134. The first-order chi connectivity index (χ1) is 17.4. The van der Waals surface area contributed by atoms with E-state index in [0.717, 1.165) is 37.5 Å².